The minimum Gasteiger partial charge on any atom is -0.495 e. The summed E-state index contributed by atoms with van der Waals surface area (Å²) in [6.07, 6.45) is 0. The highest BCUT2D eigenvalue weighted by molar-refractivity contribution is 6.24. The molecule has 3 rings (SSSR count). The Bertz CT molecular complexity index is 971. The third-order valence-electron chi connectivity index (χ3n) is 4.25. The van der Waals surface area contributed by atoms with E-state index in [0.717, 1.165) is 11.0 Å². The van der Waals surface area contributed by atoms with Gasteiger partial charge in [-0.25, -0.2) is 0 Å². The van der Waals surface area contributed by atoms with Crippen molar-refractivity contribution in [3.8, 4) is 5.75 Å². The molecule has 0 aromatic heterocycles. The Morgan fingerprint density at radius 3 is 2.52 bits per heavy atom. The van der Waals surface area contributed by atoms with Crippen molar-refractivity contribution >= 4 is 29.1 Å². The average molecular weight is 369 g/mol. The predicted octanol–water partition coefficient (Wildman–Crippen LogP) is 2.23. The highest BCUT2D eigenvalue weighted by Crippen LogP contribution is 2.32. The van der Waals surface area contributed by atoms with Crippen molar-refractivity contribution in [2.24, 2.45) is 0 Å². The van der Waals surface area contributed by atoms with E-state index in [0.29, 0.717) is 11.4 Å². The number of nitrogens with zero attached hydrogens (tertiary/aromatic N) is 2. The number of ether oxygens (including phenoxy) is 1. The number of nitro groups is 1. The van der Waals surface area contributed by atoms with Gasteiger partial charge in [-0.3, -0.25) is 29.4 Å². The monoisotopic (exact) mass is 369 g/mol. The Kier molecular flexibility index (Phi) is 4.59. The van der Waals surface area contributed by atoms with Crippen molar-refractivity contribution in [3.63, 3.8) is 0 Å². The molecule has 0 saturated heterocycles. The van der Waals surface area contributed by atoms with E-state index >= 15 is 0 Å². The molecule has 2 aromatic carbocycles. The van der Waals surface area contributed by atoms with Crippen LogP contribution < -0.4 is 10.1 Å². The summed E-state index contributed by atoms with van der Waals surface area (Å²) in [4.78, 5) is 49.0. The number of methoxy groups -OCH3 is 1. The summed E-state index contributed by atoms with van der Waals surface area (Å²) >= 11 is 0. The number of rotatable bonds is 5. The van der Waals surface area contributed by atoms with E-state index in [2.05, 4.69) is 5.32 Å². The van der Waals surface area contributed by atoms with Crippen molar-refractivity contribution in [1.82, 2.24) is 4.90 Å². The lowest BCUT2D eigenvalue weighted by Crippen LogP contribution is -2.45. The Labute approximate surface area is 153 Å². The summed E-state index contributed by atoms with van der Waals surface area (Å²) in [6.45, 7) is 1.37. The number of carbonyl (C=O) groups is 3. The van der Waals surface area contributed by atoms with Crippen LogP contribution in [0.15, 0.2) is 42.5 Å². The van der Waals surface area contributed by atoms with Crippen LogP contribution in [0.4, 0.5) is 11.4 Å². The zero-order chi connectivity index (χ0) is 19.7. The number of hydrogen-bond acceptors (Lipinski definition) is 6. The maximum atomic E-state index is 12.6. The minimum absolute atomic E-state index is 0.0915. The third-order valence-corrected chi connectivity index (χ3v) is 4.25. The first-order valence-electron chi connectivity index (χ1n) is 7.96. The molecule has 1 N–H and O–H groups in total. The Balaban J connectivity index is 1.89. The summed E-state index contributed by atoms with van der Waals surface area (Å²) in [6, 6.07) is 9.28. The minimum atomic E-state index is -1.18. The zero-order valence-corrected chi connectivity index (χ0v) is 14.5. The van der Waals surface area contributed by atoms with Crippen molar-refractivity contribution in [2.75, 3.05) is 12.4 Å². The molecule has 1 atom stereocenters. The van der Waals surface area contributed by atoms with E-state index in [9.17, 15) is 24.5 Å². The van der Waals surface area contributed by atoms with Crippen LogP contribution in [0.2, 0.25) is 0 Å². The van der Waals surface area contributed by atoms with E-state index in [1.165, 1.54) is 26.2 Å². The smallest absolute Gasteiger partial charge is 0.282 e. The SMILES string of the molecule is COc1ccccc1NC(=O)[C@@H](C)N1C(=O)c2cccc([N+](=O)[O-])c2C1=O. The van der Waals surface area contributed by atoms with Gasteiger partial charge in [0.05, 0.1) is 23.3 Å². The van der Waals surface area contributed by atoms with Gasteiger partial charge >= 0.3 is 0 Å². The number of fused-ring (bicyclic) bond motifs is 1. The van der Waals surface area contributed by atoms with Gasteiger partial charge in [0.2, 0.25) is 5.91 Å². The van der Waals surface area contributed by atoms with Crippen molar-refractivity contribution < 1.29 is 24.0 Å². The van der Waals surface area contributed by atoms with Crippen LogP contribution >= 0.6 is 0 Å². The van der Waals surface area contributed by atoms with Crippen LogP contribution in [0.1, 0.15) is 27.6 Å². The number of benzene rings is 2. The van der Waals surface area contributed by atoms with Gasteiger partial charge in [0.15, 0.2) is 0 Å². The van der Waals surface area contributed by atoms with Gasteiger partial charge < -0.3 is 10.1 Å². The van der Waals surface area contributed by atoms with Crippen molar-refractivity contribution in [2.45, 2.75) is 13.0 Å². The molecule has 0 radical (unpaired) electrons. The normalized spacial score (nSPS) is 13.9. The summed E-state index contributed by atoms with van der Waals surface area (Å²) in [5, 5.41) is 13.8. The van der Waals surface area contributed by atoms with Gasteiger partial charge in [-0.05, 0) is 25.1 Å². The lowest BCUT2D eigenvalue weighted by molar-refractivity contribution is -0.385. The van der Waals surface area contributed by atoms with Crippen LogP contribution in [0.25, 0.3) is 0 Å². The molecular weight excluding hydrogens is 354 g/mol. The molecule has 3 amide bonds. The Morgan fingerprint density at radius 2 is 1.85 bits per heavy atom. The summed E-state index contributed by atoms with van der Waals surface area (Å²) < 4.78 is 5.15. The number of nitro benzene ring substituents is 1. The van der Waals surface area contributed by atoms with Crippen molar-refractivity contribution in [1.29, 1.82) is 0 Å². The second kappa shape index (κ2) is 6.87. The molecule has 138 valence electrons. The lowest BCUT2D eigenvalue weighted by atomic mass is 10.1. The number of anilines is 1. The molecule has 1 heterocycles. The number of hydrogen-bond donors (Lipinski definition) is 1. The fraction of sp³-hybridized carbons (Fsp3) is 0.167. The molecule has 9 nitrogen and oxygen atoms in total. The molecule has 0 saturated carbocycles. The van der Waals surface area contributed by atoms with Crippen LogP contribution in [-0.2, 0) is 4.79 Å². The zero-order valence-electron chi connectivity index (χ0n) is 14.5. The van der Waals surface area contributed by atoms with Crippen LogP contribution in [0, 0.1) is 10.1 Å². The number of imide groups is 1. The molecule has 1 aliphatic rings. The van der Waals surface area contributed by atoms with E-state index in [1.807, 2.05) is 0 Å². The van der Waals surface area contributed by atoms with E-state index in [1.54, 1.807) is 24.3 Å². The summed E-state index contributed by atoms with van der Waals surface area (Å²) in [5.74, 6) is -1.83. The lowest BCUT2D eigenvalue weighted by Gasteiger charge is -2.22. The second-order valence-electron chi connectivity index (χ2n) is 5.80. The van der Waals surface area contributed by atoms with Crippen LogP contribution in [0.5, 0.6) is 5.75 Å². The first-order valence-corrected chi connectivity index (χ1v) is 7.96. The third kappa shape index (κ3) is 2.99. The van der Waals surface area contributed by atoms with Gasteiger partial charge in [-0.1, -0.05) is 18.2 Å². The molecule has 0 aliphatic carbocycles. The molecule has 0 unspecified atom stereocenters. The van der Waals surface area contributed by atoms with E-state index < -0.39 is 34.4 Å². The molecular formula is C18H15N3O6. The Hall–Kier alpha value is -3.75. The summed E-state index contributed by atoms with van der Waals surface area (Å²) in [5.41, 5.74) is -0.485. The molecule has 2 aromatic rings. The molecule has 27 heavy (non-hydrogen) atoms. The van der Waals surface area contributed by atoms with Crippen LogP contribution in [0.3, 0.4) is 0 Å². The van der Waals surface area contributed by atoms with Gasteiger partial charge in [-0.2, -0.15) is 0 Å². The van der Waals surface area contributed by atoms with Crippen molar-refractivity contribution in [3.05, 3.63) is 63.7 Å². The summed E-state index contributed by atoms with van der Waals surface area (Å²) in [7, 11) is 1.44. The van der Waals surface area contributed by atoms with Crippen LogP contribution in [-0.4, -0.2) is 40.7 Å². The maximum Gasteiger partial charge on any atom is 0.282 e. The molecule has 9 heteroatoms. The topological polar surface area (TPSA) is 119 Å². The highest BCUT2D eigenvalue weighted by Gasteiger charge is 2.44. The van der Waals surface area contributed by atoms with Gasteiger partial charge in [0.25, 0.3) is 17.5 Å². The first-order chi connectivity index (χ1) is 12.9. The standard InChI is InChI=1S/C18H15N3O6/c1-10(16(22)19-12-7-3-4-9-14(12)27-2)20-17(23)11-6-5-8-13(21(25)26)15(11)18(20)24/h3-10H,1-2H3,(H,19,22)/t10-/m1/s1. The molecule has 0 fully saturated rings. The first kappa shape index (κ1) is 18.1. The Morgan fingerprint density at radius 1 is 1.15 bits per heavy atom. The van der Waals surface area contributed by atoms with Gasteiger partial charge in [0, 0.05) is 6.07 Å². The molecule has 1 aliphatic heterocycles. The van der Waals surface area contributed by atoms with Gasteiger partial charge in [-0.15, -0.1) is 0 Å². The average Bonchev–Trinajstić information content (AvgIpc) is 2.92. The van der Waals surface area contributed by atoms with Gasteiger partial charge in [0.1, 0.15) is 17.4 Å². The fourth-order valence-corrected chi connectivity index (χ4v) is 2.89. The van der Waals surface area contributed by atoms with E-state index in [4.69, 9.17) is 4.74 Å². The number of amides is 3. The highest BCUT2D eigenvalue weighted by atomic mass is 16.6. The molecule has 0 spiro atoms. The predicted molar refractivity (Wildman–Crippen MR) is 94.7 cm³/mol. The fourth-order valence-electron chi connectivity index (χ4n) is 2.89. The number of para-hydroxylation sites is 2. The number of carbonyl (C=O) groups excluding carboxylic acids is 3. The molecule has 0 bridgehead atoms. The quantitative estimate of drug-likeness (QED) is 0.490. The largest absolute Gasteiger partial charge is 0.495 e. The maximum absolute atomic E-state index is 12.6. The van der Waals surface area contributed by atoms with E-state index in [-0.39, 0.29) is 11.1 Å². The number of nitrogens with one attached hydrogen (secondary N) is 1. The second-order valence-corrected chi connectivity index (χ2v) is 5.80.